The van der Waals surface area contributed by atoms with Crippen LogP contribution < -0.4 is 5.73 Å². The standard InChI is InChI=1S/C18H33NO4/c1-3-4-5-6-7-8-9-10-11-12-15-23-18(21)16(19)13-14-17(20)22-2/h12,15-16H,3-11,13-14,19H2,1-2H3/t16-/m0/s1. The van der Waals surface area contributed by atoms with E-state index >= 15 is 0 Å². The Bertz CT molecular complexity index is 342. The Hall–Kier alpha value is -1.36. The third-order valence-electron chi connectivity index (χ3n) is 3.69. The minimum Gasteiger partial charge on any atom is -0.469 e. The molecule has 0 aromatic heterocycles. The van der Waals surface area contributed by atoms with Crippen LogP contribution in [-0.4, -0.2) is 25.1 Å². The van der Waals surface area contributed by atoms with Crippen molar-refractivity contribution in [2.24, 2.45) is 5.73 Å². The Kier molecular flexibility index (Phi) is 14.6. The third kappa shape index (κ3) is 14.0. The highest BCUT2D eigenvalue weighted by molar-refractivity contribution is 5.77. The topological polar surface area (TPSA) is 78.6 Å². The molecule has 5 heteroatoms. The molecule has 0 radical (unpaired) electrons. The number of methoxy groups -OCH3 is 1. The van der Waals surface area contributed by atoms with Gasteiger partial charge in [-0.15, -0.1) is 0 Å². The predicted molar refractivity (Wildman–Crippen MR) is 91.7 cm³/mol. The van der Waals surface area contributed by atoms with E-state index in [1.165, 1.54) is 58.3 Å². The number of carbonyl (C=O) groups is 2. The molecule has 0 saturated carbocycles. The first-order chi connectivity index (χ1) is 11.1. The van der Waals surface area contributed by atoms with Crippen molar-refractivity contribution < 1.29 is 19.1 Å². The Labute approximate surface area is 140 Å². The molecule has 5 nitrogen and oxygen atoms in total. The van der Waals surface area contributed by atoms with Crippen molar-refractivity contribution in [3.63, 3.8) is 0 Å². The Morgan fingerprint density at radius 1 is 1.04 bits per heavy atom. The number of allylic oxidation sites excluding steroid dienone is 1. The first kappa shape index (κ1) is 21.6. The van der Waals surface area contributed by atoms with Crippen LogP contribution in [0.2, 0.25) is 0 Å². The quantitative estimate of drug-likeness (QED) is 0.298. The van der Waals surface area contributed by atoms with Gasteiger partial charge in [-0.3, -0.25) is 4.79 Å². The Balaban J connectivity index is 3.51. The van der Waals surface area contributed by atoms with E-state index < -0.39 is 12.0 Å². The summed E-state index contributed by atoms with van der Waals surface area (Å²) >= 11 is 0. The van der Waals surface area contributed by atoms with Crippen molar-refractivity contribution in [1.29, 1.82) is 0 Å². The lowest BCUT2D eigenvalue weighted by Gasteiger charge is -2.07. The number of ether oxygens (including phenoxy) is 2. The molecule has 2 N–H and O–H groups in total. The maximum atomic E-state index is 11.6. The molecule has 134 valence electrons. The van der Waals surface area contributed by atoms with Crippen molar-refractivity contribution in [2.75, 3.05) is 7.11 Å². The molecule has 0 amide bonds. The molecule has 0 unspecified atom stereocenters. The summed E-state index contributed by atoms with van der Waals surface area (Å²) in [7, 11) is 1.31. The Morgan fingerprint density at radius 3 is 2.26 bits per heavy atom. The second-order valence-electron chi connectivity index (χ2n) is 5.79. The molecule has 0 bridgehead atoms. The zero-order chi connectivity index (χ0) is 17.3. The van der Waals surface area contributed by atoms with Crippen molar-refractivity contribution in [1.82, 2.24) is 0 Å². The number of nitrogens with two attached hydrogens (primary N) is 1. The minimum atomic E-state index is -0.790. The summed E-state index contributed by atoms with van der Waals surface area (Å²) in [5.41, 5.74) is 5.63. The molecule has 1 atom stereocenters. The normalized spacial score (nSPS) is 12.3. The minimum absolute atomic E-state index is 0.120. The molecule has 0 aliphatic heterocycles. The molecular weight excluding hydrogens is 294 g/mol. The zero-order valence-electron chi connectivity index (χ0n) is 14.7. The van der Waals surface area contributed by atoms with E-state index in [1.807, 2.05) is 6.08 Å². The van der Waals surface area contributed by atoms with Crippen LogP contribution >= 0.6 is 0 Å². The van der Waals surface area contributed by atoms with Gasteiger partial charge >= 0.3 is 11.9 Å². The van der Waals surface area contributed by atoms with E-state index in [2.05, 4.69) is 11.7 Å². The fourth-order valence-corrected chi connectivity index (χ4v) is 2.16. The second kappa shape index (κ2) is 15.5. The SMILES string of the molecule is CCCCCCCCCCC=COC(=O)[C@@H](N)CCC(=O)OC. The van der Waals surface area contributed by atoms with E-state index in [1.54, 1.807) is 0 Å². The molecule has 0 aliphatic carbocycles. The highest BCUT2D eigenvalue weighted by Crippen LogP contribution is 2.09. The molecule has 0 saturated heterocycles. The summed E-state index contributed by atoms with van der Waals surface area (Å²) in [5, 5.41) is 0. The van der Waals surface area contributed by atoms with Gasteiger partial charge in [-0.2, -0.15) is 0 Å². The molecule has 0 aromatic rings. The Morgan fingerprint density at radius 2 is 1.65 bits per heavy atom. The highest BCUT2D eigenvalue weighted by Gasteiger charge is 2.15. The van der Waals surface area contributed by atoms with Gasteiger partial charge in [0.05, 0.1) is 13.4 Å². The largest absolute Gasteiger partial charge is 0.469 e. The summed E-state index contributed by atoms with van der Waals surface area (Å²) in [5.74, 6) is -0.889. The van der Waals surface area contributed by atoms with Crippen LogP contribution in [0, 0.1) is 0 Å². The second-order valence-corrected chi connectivity index (χ2v) is 5.79. The maximum Gasteiger partial charge on any atom is 0.327 e. The van der Waals surface area contributed by atoms with Gasteiger partial charge < -0.3 is 15.2 Å². The van der Waals surface area contributed by atoms with Crippen LogP contribution in [0.3, 0.4) is 0 Å². The average molecular weight is 327 g/mol. The van der Waals surface area contributed by atoms with Crippen LogP contribution in [0.4, 0.5) is 0 Å². The summed E-state index contributed by atoms with van der Waals surface area (Å²) < 4.78 is 9.44. The van der Waals surface area contributed by atoms with Gasteiger partial charge in [0.1, 0.15) is 6.04 Å². The average Bonchev–Trinajstić information content (AvgIpc) is 2.56. The molecule has 0 aromatic carbocycles. The summed E-state index contributed by atoms with van der Waals surface area (Å²) in [6.45, 7) is 2.23. The van der Waals surface area contributed by atoms with Gasteiger partial charge in [0, 0.05) is 6.42 Å². The lowest BCUT2D eigenvalue weighted by molar-refractivity contribution is -0.142. The van der Waals surface area contributed by atoms with Gasteiger partial charge in [0.15, 0.2) is 0 Å². The molecule has 0 heterocycles. The van der Waals surface area contributed by atoms with E-state index in [9.17, 15) is 9.59 Å². The predicted octanol–water partition coefficient (Wildman–Crippen LogP) is 3.85. The fourth-order valence-electron chi connectivity index (χ4n) is 2.16. The van der Waals surface area contributed by atoms with Crippen molar-refractivity contribution >= 4 is 11.9 Å². The smallest absolute Gasteiger partial charge is 0.327 e. The molecular formula is C18H33NO4. The third-order valence-corrected chi connectivity index (χ3v) is 3.69. The lowest BCUT2D eigenvalue weighted by Crippen LogP contribution is -2.31. The number of hydrogen-bond donors (Lipinski definition) is 1. The van der Waals surface area contributed by atoms with Crippen LogP contribution in [0.5, 0.6) is 0 Å². The fraction of sp³-hybridized carbons (Fsp3) is 0.778. The summed E-state index contributed by atoms with van der Waals surface area (Å²) in [6, 6.07) is -0.790. The van der Waals surface area contributed by atoms with E-state index in [-0.39, 0.29) is 18.8 Å². The van der Waals surface area contributed by atoms with E-state index in [4.69, 9.17) is 10.5 Å². The van der Waals surface area contributed by atoms with Crippen LogP contribution in [0.1, 0.15) is 77.6 Å². The van der Waals surface area contributed by atoms with Gasteiger partial charge in [-0.1, -0.05) is 51.9 Å². The number of rotatable bonds is 14. The molecule has 0 spiro atoms. The van der Waals surface area contributed by atoms with Gasteiger partial charge in [-0.25, -0.2) is 4.79 Å². The number of unbranched alkanes of at least 4 members (excludes halogenated alkanes) is 8. The molecule has 23 heavy (non-hydrogen) atoms. The van der Waals surface area contributed by atoms with E-state index in [0.29, 0.717) is 0 Å². The highest BCUT2D eigenvalue weighted by atomic mass is 16.5. The van der Waals surface area contributed by atoms with E-state index in [0.717, 1.165) is 12.8 Å². The molecule has 0 rings (SSSR count). The summed E-state index contributed by atoms with van der Waals surface area (Å²) in [6.07, 6.45) is 14.7. The van der Waals surface area contributed by atoms with Gasteiger partial charge in [0.25, 0.3) is 0 Å². The van der Waals surface area contributed by atoms with Crippen LogP contribution in [0.15, 0.2) is 12.3 Å². The number of carbonyl (C=O) groups excluding carboxylic acids is 2. The van der Waals surface area contributed by atoms with Crippen LogP contribution in [0.25, 0.3) is 0 Å². The van der Waals surface area contributed by atoms with Crippen LogP contribution in [-0.2, 0) is 19.1 Å². The maximum absolute atomic E-state index is 11.6. The zero-order valence-corrected chi connectivity index (χ0v) is 14.7. The first-order valence-electron chi connectivity index (χ1n) is 8.79. The van der Waals surface area contributed by atoms with Crippen molar-refractivity contribution in [3.05, 3.63) is 12.3 Å². The van der Waals surface area contributed by atoms with Crippen molar-refractivity contribution in [3.8, 4) is 0 Å². The lowest BCUT2D eigenvalue weighted by atomic mass is 10.1. The number of hydrogen-bond acceptors (Lipinski definition) is 5. The first-order valence-corrected chi connectivity index (χ1v) is 8.79. The summed E-state index contributed by atoms with van der Waals surface area (Å²) in [4.78, 5) is 22.5. The van der Waals surface area contributed by atoms with Gasteiger partial charge in [-0.05, 0) is 25.3 Å². The number of esters is 2. The molecule has 0 aliphatic rings. The van der Waals surface area contributed by atoms with Crippen molar-refractivity contribution in [2.45, 2.75) is 83.6 Å². The van der Waals surface area contributed by atoms with Gasteiger partial charge in [0.2, 0.25) is 0 Å². The monoisotopic (exact) mass is 327 g/mol. The molecule has 0 fully saturated rings.